The molecule has 0 spiro atoms. The SMILES string of the molecule is C=N/C(=C\N=CC)N1C=CN(C)C1. The van der Waals surface area contributed by atoms with E-state index in [0.717, 1.165) is 12.5 Å². The van der Waals surface area contributed by atoms with Gasteiger partial charge in [0.2, 0.25) is 0 Å². The number of rotatable bonds is 3. The molecule has 1 aliphatic heterocycles. The lowest BCUT2D eigenvalue weighted by Gasteiger charge is -2.17. The second-order valence-corrected chi connectivity index (χ2v) is 2.72. The van der Waals surface area contributed by atoms with Crippen molar-refractivity contribution in [2.45, 2.75) is 6.92 Å². The van der Waals surface area contributed by atoms with E-state index in [-0.39, 0.29) is 0 Å². The van der Waals surface area contributed by atoms with E-state index in [4.69, 9.17) is 0 Å². The molecule has 0 N–H and O–H groups in total. The van der Waals surface area contributed by atoms with Crippen LogP contribution in [0, 0.1) is 0 Å². The number of aliphatic imine (C=N–C) groups is 2. The van der Waals surface area contributed by atoms with Crippen molar-refractivity contribution < 1.29 is 0 Å². The van der Waals surface area contributed by atoms with E-state index in [1.807, 2.05) is 31.3 Å². The summed E-state index contributed by atoms with van der Waals surface area (Å²) in [6.07, 6.45) is 7.34. The Morgan fingerprint density at radius 2 is 2.31 bits per heavy atom. The summed E-state index contributed by atoms with van der Waals surface area (Å²) in [6, 6.07) is 0. The Morgan fingerprint density at radius 3 is 2.77 bits per heavy atom. The number of hydrogen-bond acceptors (Lipinski definition) is 4. The number of nitrogens with zero attached hydrogens (tertiary/aromatic N) is 4. The molecular formula is C9H14N4. The molecule has 70 valence electrons. The molecule has 1 rings (SSSR count). The average Bonchev–Trinajstić information content (AvgIpc) is 2.54. The molecule has 0 unspecified atom stereocenters. The van der Waals surface area contributed by atoms with Crippen LogP contribution in [0.15, 0.2) is 34.4 Å². The fourth-order valence-corrected chi connectivity index (χ4v) is 1.02. The first-order chi connectivity index (χ1) is 6.27. The van der Waals surface area contributed by atoms with Gasteiger partial charge in [0.05, 0.1) is 12.9 Å². The molecule has 13 heavy (non-hydrogen) atoms. The van der Waals surface area contributed by atoms with Gasteiger partial charge in [-0.3, -0.25) is 4.99 Å². The van der Waals surface area contributed by atoms with E-state index in [9.17, 15) is 0 Å². The Labute approximate surface area is 78.6 Å². The number of hydrogen-bond donors (Lipinski definition) is 0. The Kier molecular flexibility index (Phi) is 3.25. The molecule has 1 aliphatic rings. The fourth-order valence-electron chi connectivity index (χ4n) is 1.02. The molecule has 0 radical (unpaired) electrons. The maximum absolute atomic E-state index is 4.00. The van der Waals surface area contributed by atoms with Crippen LogP contribution in [0.1, 0.15) is 6.92 Å². The van der Waals surface area contributed by atoms with Gasteiger partial charge < -0.3 is 9.80 Å². The van der Waals surface area contributed by atoms with Gasteiger partial charge in [-0.05, 0) is 13.6 Å². The van der Waals surface area contributed by atoms with Crippen molar-refractivity contribution in [2.24, 2.45) is 9.98 Å². The molecule has 0 aromatic heterocycles. The van der Waals surface area contributed by atoms with Crippen LogP contribution in [-0.2, 0) is 0 Å². The highest BCUT2D eigenvalue weighted by Crippen LogP contribution is 2.12. The van der Waals surface area contributed by atoms with Crippen LogP contribution >= 0.6 is 0 Å². The van der Waals surface area contributed by atoms with E-state index < -0.39 is 0 Å². The summed E-state index contributed by atoms with van der Waals surface area (Å²) in [6.45, 7) is 6.16. The Bertz CT molecular complexity index is 265. The van der Waals surface area contributed by atoms with Crippen molar-refractivity contribution in [1.82, 2.24) is 9.80 Å². The summed E-state index contributed by atoms with van der Waals surface area (Å²) in [7, 11) is 2.00. The monoisotopic (exact) mass is 178 g/mol. The standard InChI is InChI=1S/C9H14N4/c1-4-11-7-9(10-2)13-6-5-12(3)8-13/h4-7H,2,8H2,1,3H3/b9-7+,11-4?. The van der Waals surface area contributed by atoms with Gasteiger partial charge in [-0.1, -0.05) is 0 Å². The molecule has 4 nitrogen and oxygen atoms in total. The van der Waals surface area contributed by atoms with Crippen molar-refractivity contribution in [3.8, 4) is 0 Å². The summed E-state index contributed by atoms with van der Waals surface area (Å²) in [5.41, 5.74) is 0. The topological polar surface area (TPSA) is 31.2 Å². The first-order valence-electron chi connectivity index (χ1n) is 4.08. The van der Waals surface area contributed by atoms with Gasteiger partial charge in [0, 0.05) is 25.7 Å². The lowest BCUT2D eigenvalue weighted by atomic mass is 10.6. The van der Waals surface area contributed by atoms with Crippen molar-refractivity contribution in [3.63, 3.8) is 0 Å². The van der Waals surface area contributed by atoms with Gasteiger partial charge in [-0.2, -0.15) is 0 Å². The molecule has 0 fully saturated rings. The zero-order valence-electron chi connectivity index (χ0n) is 8.01. The highest BCUT2D eigenvalue weighted by Gasteiger charge is 2.11. The fraction of sp³-hybridized carbons (Fsp3) is 0.333. The van der Waals surface area contributed by atoms with E-state index >= 15 is 0 Å². The molecule has 4 heteroatoms. The molecule has 0 bridgehead atoms. The third-order valence-electron chi connectivity index (χ3n) is 1.67. The van der Waals surface area contributed by atoms with E-state index in [2.05, 4.69) is 21.6 Å². The molecule has 0 atom stereocenters. The van der Waals surface area contributed by atoms with Crippen molar-refractivity contribution >= 4 is 12.9 Å². The molecule has 1 heterocycles. The van der Waals surface area contributed by atoms with Crippen LogP contribution < -0.4 is 0 Å². The summed E-state index contributed by atoms with van der Waals surface area (Å²) < 4.78 is 0. The Morgan fingerprint density at radius 1 is 1.54 bits per heavy atom. The van der Waals surface area contributed by atoms with Crippen molar-refractivity contribution in [1.29, 1.82) is 0 Å². The summed E-state index contributed by atoms with van der Waals surface area (Å²) in [5.74, 6) is 0.763. The summed E-state index contributed by atoms with van der Waals surface area (Å²) in [5, 5.41) is 0. The van der Waals surface area contributed by atoms with Crippen LogP contribution in [0.25, 0.3) is 0 Å². The third-order valence-corrected chi connectivity index (χ3v) is 1.67. The third kappa shape index (κ3) is 2.43. The van der Waals surface area contributed by atoms with Gasteiger partial charge in [0.25, 0.3) is 0 Å². The van der Waals surface area contributed by atoms with Crippen molar-refractivity contribution in [2.75, 3.05) is 13.7 Å². The highest BCUT2D eigenvalue weighted by molar-refractivity contribution is 5.54. The predicted octanol–water partition coefficient (Wildman–Crippen LogP) is 1.25. The van der Waals surface area contributed by atoms with Gasteiger partial charge in [-0.15, -0.1) is 0 Å². The Hall–Kier alpha value is -1.58. The van der Waals surface area contributed by atoms with Gasteiger partial charge in [0.1, 0.15) is 0 Å². The highest BCUT2D eigenvalue weighted by atomic mass is 15.4. The maximum Gasteiger partial charge on any atom is 0.151 e. The second kappa shape index (κ2) is 4.45. The zero-order chi connectivity index (χ0) is 9.68. The largest absolute Gasteiger partial charge is 0.361 e. The smallest absolute Gasteiger partial charge is 0.151 e. The normalized spacial score (nSPS) is 17.5. The molecule has 0 aliphatic carbocycles. The van der Waals surface area contributed by atoms with Crippen LogP contribution in [0.3, 0.4) is 0 Å². The average molecular weight is 178 g/mol. The Balaban J connectivity index is 2.68. The molecule has 0 saturated carbocycles. The van der Waals surface area contributed by atoms with Crippen LogP contribution in [0.4, 0.5) is 0 Å². The zero-order valence-corrected chi connectivity index (χ0v) is 8.01. The molecule has 0 amide bonds. The first kappa shape index (κ1) is 9.51. The van der Waals surface area contributed by atoms with E-state index in [1.54, 1.807) is 12.4 Å². The van der Waals surface area contributed by atoms with Gasteiger partial charge in [-0.25, -0.2) is 4.99 Å². The maximum atomic E-state index is 4.00. The minimum Gasteiger partial charge on any atom is -0.361 e. The van der Waals surface area contributed by atoms with Crippen LogP contribution in [-0.4, -0.2) is 36.4 Å². The van der Waals surface area contributed by atoms with E-state index in [1.165, 1.54) is 0 Å². The summed E-state index contributed by atoms with van der Waals surface area (Å²) >= 11 is 0. The molecular weight excluding hydrogens is 164 g/mol. The van der Waals surface area contributed by atoms with Gasteiger partial charge >= 0.3 is 0 Å². The lowest BCUT2D eigenvalue weighted by Crippen LogP contribution is -2.20. The molecule has 0 aromatic rings. The van der Waals surface area contributed by atoms with Crippen LogP contribution in [0.2, 0.25) is 0 Å². The van der Waals surface area contributed by atoms with Crippen LogP contribution in [0.5, 0.6) is 0 Å². The predicted molar refractivity (Wildman–Crippen MR) is 55.4 cm³/mol. The van der Waals surface area contributed by atoms with E-state index in [0.29, 0.717) is 0 Å². The second-order valence-electron chi connectivity index (χ2n) is 2.72. The van der Waals surface area contributed by atoms with Gasteiger partial charge in [0.15, 0.2) is 5.82 Å². The summed E-state index contributed by atoms with van der Waals surface area (Å²) in [4.78, 5) is 11.9. The van der Waals surface area contributed by atoms with Crippen molar-refractivity contribution in [3.05, 3.63) is 24.4 Å². The lowest BCUT2D eigenvalue weighted by molar-refractivity contribution is 0.343. The quantitative estimate of drug-likeness (QED) is 0.609. The minimum atomic E-state index is 0.763. The molecule has 0 saturated heterocycles. The minimum absolute atomic E-state index is 0.763. The molecule has 0 aromatic carbocycles. The first-order valence-corrected chi connectivity index (χ1v) is 4.08.